The van der Waals surface area contributed by atoms with Gasteiger partial charge in [-0.15, -0.1) is 0 Å². The maximum atomic E-state index is 14.4. The first-order valence-corrected chi connectivity index (χ1v) is 7.13. The zero-order chi connectivity index (χ0) is 16.5. The van der Waals surface area contributed by atoms with Gasteiger partial charge in [0.2, 0.25) is 0 Å². The van der Waals surface area contributed by atoms with E-state index in [2.05, 4.69) is 5.10 Å². The number of nitrogens with zero attached hydrogens (tertiary/aromatic N) is 3. The standard InChI is InChI=1S/C14H21F2N3O3/c1-13(2,8-19-6-10(7-20)5-17-19)11-3-4-18(12(21)22)9-14(11,15)16/h5-6,11,20H,3-4,7-9H2,1-2H3,(H,21,22). The molecule has 1 amide bonds. The lowest BCUT2D eigenvalue weighted by molar-refractivity contribution is -0.144. The highest BCUT2D eigenvalue weighted by atomic mass is 19.3. The summed E-state index contributed by atoms with van der Waals surface area (Å²) in [6, 6.07) is 0. The summed E-state index contributed by atoms with van der Waals surface area (Å²) in [4.78, 5) is 11.6. The highest BCUT2D eigenvalue weighted by molar-refractivity contribution is 5.65. The van der Waals surface area contributed by atoms with E-state index in [9.17, 15) is 13.6 Å². The number of rotatable bonds is 4. The molecular weight excluding hydrogens is 296 g/mol. The van der Waals surface area contributed by atoms with Crippen LogP contribution in [0.5, 0.6) is 0 Å². The SMILES string of the molecule is CC(C)(Cn1cc(CO)cn1)C1CCN(C(=O)O)CC1(F)F. The molecule has 1 aliphatic heterocycles. The van der Waals surface area contributed by atoms with E-state index in [1.165, 1.54) is 6.20 Å². The average Bonchev–Trinajstić information content (AvgIpc) is 2.83. The van der Waals surface area contributed by atoms with Crippen LogP contribution in [0.3, 0.4) is 0 Å². The molecule has 0 saturated carbocycles. The summed E-state index contributed by atoms with van der Waals surface area (Å²) < 4.78 is 30.3. The Labute approximate surface area is 127 Å². The van der Waals surface area contributed by atoms with Gasteiger partial charge in [0.25, 0.3) is 5.92 Å². The van der Waals surface area contributed by atoms with E-state index in [1.807, 2.05) is 0 Å². The van der Waals surface area contributed by atoms with Crippen molar-refractivity contribution in [1.82, 2.24) is 14.7 Å². The Hall–Kier alpha value is -1.70. The maximum Gasteiger partial charge on any atom is 0.407 e. The number of aliphatic hydroxyl groups is 1. The van der Waals surface area contributed by atoms with Crippen LogP contribution in [0.15, 0.2) is 12.4 Å². The number of alkyl halides is 2. The van der Waals surface area contributed by atoms with Gasteiger partial charge < -0.3 is 15.1 Å². The van der Waals surface area contributed by atoms with E-state index in [1.54, 1.807) is 24.7 Å². The smallest absolute Gasteiger partial charge is 0.407 e. The van der Waals surface area contributed by atoms with Gasteiger partial charge in [0.05, 0.1) is 19.3 Å². The van der Waals surface area contributed by atoms with Crippen molar-refractivity contribution in [3.8, 4) is 0 Å². The van der Waals surface area contributed by atoms with Crippen molar-refractivity contribution in [2.75, 3.05) is 13.1 Å². The Morgan fingerprint density at radius 3 is 2.73 bits per heavy atom. The third kappa shape index (κ3) is 3.37. The Morgan fingerprint density at radius 2 is 2.23 bits per heavy atom. The van der Waals surface area contributed by atoms with E-state index in [0.717, 1.165) is 4.90 Å². The Bertz CT molecular complexity index is 545. The van der Waals surface area contributed by atoms with Gasteiger partial charge >= 0.3 is 6.09 Å². The second kappa shape index (κ2) is 5.83. The van der Waals surface area contributed by atoms with Gasteiger partial charge in [-0.05, 0) is 11.8 Å². The maximum absolute atomic E-state index is 14.4. The molecule has 0 radical (unpaired) electrons. The molecule has 2 N–H and O–H groups in total. The second-order valence-electron chi connectivity index (χ2n) is 6.50. The van der Waals surface area contributed by atoms with Crippen molar-refractivity contribution in [2.24, 2.45) is 11.3 Å². The summed E-state index contributed by atoms with van der Waals surface area (Å²) in [6.07, 6.45) is 1.93. The molecule has 1 unspecified atom stereocenters. The Morgan fingerprint density at radius 1 is 1.55 bits per heavy atom. The summed E-state index contributed by atoms with van der Waals surface area (Å²) in [5.41, 5.74) is -0.129. The second-order valence-corrected chi connectivity index (χ2v) is 6.50. The molecule has 0 spiro atoms. The zero-order valence-electron chi connectivity index (χ0n) is 12.7. The average molecular weight is 317 g/mol. The van der Waals surface area contributed by atoms with Gasteiger partial charge in [-0.2, -0.15) is 5.10 Å². The van der Waals surface area contributed by atoms with Gasteiger partial charge in [-0.1, -0.05) is 13.8 Å². The molecule has 1 aromatic rings. The fourth-order valence-corrected chi connectivity index (χ4v) is 3.17. The highest BCUT2D eigenvalue weighted by Gasteiger charge is 2.52. The highest BCUT2D eigenvalue weighted by Crippen LogP contribution is 2.45. The summed E-state index contributed by atoms with van der Waals surface area (Å²) in [5, 5.41) is 22.0. The normalized spacial score (nSPS) is 21.9. The minimum Gasteiger partial charge on any atom is -0.465 e. The summed E-state index contributed by atoms with van der Waals surface area (Å²) in [7, 11) is 0. The lowest BCUT2D eigenvalue weighted by Gasteiger charge is -2.44. The van der Waals surface area contributed by atoms with E-state index in [-0.39, 0.29) is 26.1 Å². The molecule has 1 saturated heterocycles. The lowest BCUT2D eigenvalue weighted by Crippen LogP contribution is -2.55. The molecule has 8 heteroatoms. The van der Waals surface area contributed by atoms with Crippen molar-refractivity contribution in [1.29, 1.82) is 0 Å². The molecule has 1 aliphatic rings. The van der Waals surface area contributed by atoms with Crippen molar-refractivity contribution in [3.63, 3.8) is 0 Å². The molecule has 124 valence electrons. The van der Waals surface area contributed by atoms with Crippen molar-refractivity contribution < 1.29 is 23.8 Å². The first-order valence-electron chi connectivity index (χ1n) is 7.13. The Balaban J connectivity index is 2.12. The minimum atomic E-state index is -3.08. The first kappa shape index (κ1) is 16.7. The van der Waals surface area contributed by atoms with E-state index < -0.39 is 29.9 Å². The quantitative estimate of drug-likeness (QED) is 0.891. The third-order valence-corrected chi connectivity index (χ3v) is 4.25. The minimum absolute atomic E-state index is 0.111. The van der Waals surface area contributed by atoms with Crippen LogP contribution in [0.4, 0.5) is 13.6 Å². The van der Waals surface area contributed by atoms with Crippen LogP contribution in [-0.2, 0) is 13.2 Å². The number of hydrogen-bond donors (Lipinski definition) is 2. The monoisotopic (exact) mass is 317 g/mol. The predicted octanol–water partition coefficient (Wildman–Crippen LogP) is 2.04. The van der Waals surface area contributed by atoms with Crippen LogP contribution >= 0.6 is 0 Å². The number of hydrogen-bond acceptors (Lipinski definition) is 3. The van der Waals surface area contributed by atoms with Gasteiger partial charge in [0.1, 0.15) is 0 Å². The van der Waals surface area contributed by atoms with Crippen LogP contribution < -0.4 is 0 Å². The fraction of sp³-hybridized carbons (Fsp3) is 0.714. The van der Waals surface area contributed by atoms with Crippen LogP contribution in [0, 0.1) is 11.3 Å². The van der Waals surface area contributed by atoms with Crippen molar-refractivity contribution >= 4 is 6.09 Å². The van der Waals surface area contributed by atoms with Gasteiger partial charge in [-0.3, -0.25) is 4.68 Å². The summed E-state index contributed by atoms with van der Waals surface area (Å²) in [6.45, 7) is 2.95. The topological polar surface area (TPSA) is 78.6 Å². The van der Waals surface area contributed by atoms with Crippen molar-refractivity contribution in [3.05, 3.63) is 18.0 Å². The van der Waals surface area contributed by atoms with Crippen LogP contribution in [0.2, 0.25) is 0 Å². The van der Waals surface area contributed by atoms with E-state index in [0.29, 0.717) is 5.56 Å². The van der Waals surface area contributed by atoms with Crippen LogP contribution in [0.25, 0.3) is 0 Å². The molecule has 2 heterocycles. The third-order valence-electron chi connectivity index (χ3n) is 4.25. The fourth-order valence-electron chi connectivity index (χ4n) is 3.17. The summed E-state index contributed by atoms with van der Waals surface area (Å²) in [5.74, 6) is -4.01. The molecule has 6 nitrogen and oxygen atoms in total. The molecule has 0 aromatic carbocycles. The summed E-state index contributed by atoms with van der Waals surface area (Å²) >= 11 is 0. The largest absolute Gasteiger partial charge is 0.465 e. The first-order chi connectivity index (χ1) is 10.2. The number of halogens is 2. The number of carbonyl (C=O) groups is 1. The van der Waals surface area contributed by atoms with Crippen LogP contribution in [-0.4, -0.2) is 50.0 Å². The molecule has 2 rings (SSSR count). The van der Waals surface area contributed by atoms with Crippen molar-refractivity contribution in [2.45, 2.75) is 39.3 Å². The van der Waals surface area contributed by atoms with Gasteiger partial charge in [0, 0.05) is 30.8 Å². The molecule has 1 fully saturated rings. The molecule has 22 heavy (non-hydrogen) atoms. The van der Waals surface area contributed by atoms with E-state index in [4.69, 9.17) is 10.2 Å². The molecule has 0 aliphatic carbocycles. The Kier molecular flexibility index (Phi) is 4.42. The number of amides is 1. The van der Waals surface area contributed by atoms with Gasteiger partial charge in [-0.25, -0.2) is 13.6 Å². The zero-order valence-corrected chi connectivity index (χ0v) is 12.7. The number of carboxylic acid groups (broad SMARTS) is 1. The van der Waals surface area contributed by atoms with Crippen LogP contribution in [0.1, 0.15) is 25.8 Å². The van der Waals surface area contributed by atoms with Gasteiger partial charge in [0.15, 0.2) is 0 Å². The number of aromatic nitrogens is 2. The number of piperidine rings is 1. The van der Waals surface area contributed by atoms with E-state index >= 15 is 0 Å². The molecule has 1 atom stereocenters. The molecule has 0 bridgehead atoms. The number of aliphatic hydroxyl groups excluding tert-OH is 1. The molecular formula is C14H21F2N3O3. The molecule has 1 aromatic heterocycles. The lowest BCUT2D eigenvalue weighted by atomic mass is 9.71. The number of likely N-dealkylation sites (tertiary alicyclic amines) is 1. The predicted molar refractivity (Wildman–Crippen MR) is 74.6 cm³/mol.